The minimum Gasteiger partial charge on any atom is -0.462 e. The molecule has 0 bridgehead atoms. The summed E-state index contributed by atoms with van der Waals surface area (Å²) in [7, 11) is 0. The van der Waals surface area contributed by atoms with Gasteiger partial charge in [-0.2, -0.15) is 4.98 Å². The Morgan fingerprint density at radius 2 is 2.06 bits per heavy atom. The molecule has 1 N–H and O–H groups in total. The zero-order valence-corrected chi connectivity index (χ0v) is 18.9. The zero-order chi connectivity index (χ0) is 22.0. The van der Waals surface area contributed by atoms with Gasteiger partial charge in [0.1, 0.15) is 10.6 Å². The molecule has 1 amide bonds. The highest BCUT2D eigenvalue weighted by Crippen LogP contribution is 2.38. The highest BCUT2D eigenvalue weighted by molar-refractivity contribution is 7.99. The number of hydrogen-bond acceptors (Lipinski definition) is 8. The smallest absolute Gasteiger partial charge is 0.355 e. The van der Waals surface area contributed by atoms with E-state index in [0.29, 0.717) is 16.2 Å². The average molecular weight is 459 g/mol. The Balaban J connectivity index is 1.50. The van der Waals surface area contributed by atoms with Gasteiger partial charge >= 0.3 is 11.7 Å². The fourth-order valence-corrected chi connectivity index (χ4v) is 5.46. The molecule has 1 aliphatic carbocycles. The van der Waals surface area contributed by atoms with Crippen LogP contribution in [0.25, 0.3) is 5.65 Å². The van der Waals surface area contributed by atoms with Crippen molar-refractivity contribution in [2.45, 2.75) is 44.7 Å². The number of ether oxygens (including phenoxy) is 1. The fraction of sp³-hybridized carbons (Fsp3) is 0.381. The third-order valence-corrected chi connectivity index (χ3v) is 6.97. The predicted octanol–water partition coefficient (Wildman–Crippen LogP) is 3.25. The summed E-state index contributed by atoms with van der Waals surface area (Å²) < 4.78 is 6.60. The number of rotatable bonds is 6. The number of aromatic nitrogens is 3. The molecule has 31 heavy (non-hydrogen) atoms. The molecule has 0 saturated heterocycles. The van der Waals surface area contributed by atoms with Crippen LogP contribution in [0.15, 0.2) is 28.3 Å². The molecule has 162 valence electrons. The first-order valence-electron chi connectivity index (χ1n) is 10.1. The first kappa shape index (κ1) is 21.5. The van der Waals surface area contributed by atoms with E-state index in [1.165, 1.54) is 15.7 Å². The second-order valence-corrected chi connectivity index (χ2v) is 9.24. The van der Waals surface area contributed by atoms with Gasteiger partial charge in [0.05, 0.1) is 17.9 Å². The summed E-state index contributed by atoms with van der Waals surface area (Å²) in [4.78, 5) is 46.8. The van der Waals surface area contributed by atoms with Crippen LogP contribution in [0.3, 0.4) is 0 Å². The molecule has 0 atom stereocenters. The van der Waals surface area contributed by atoms with Gasteiger partial charge in [-0.15, -0.1) is 11.3 Å². The maximum absolute atomic E-state index is 12.6. The van der Waals surface area contributed by atoms with E-state index in [-0.39, 0.29) is 23.4 Å². The van der Waals surface area contributed by atoms with Crippen molar-refractivity contribution in [3.63, 3.8) is 0 Å². The number of aryl methyl sites for hydroxylation is 2. The van der Waals surface area contributed by atoms with Crippen LogP contribution < -0.4 is 11.0 Å². The van der Waals surface area contributed by atoms with Crippen LogP contribution >= 0.6 is 23.1 Å². The highest BCUT2D eigenvalue weighted by Gasteiger charge is 2.27. The average Bonchev–Trinajstić information content (AvgIpc) is 3.10. The molecule has 0 spiro atoms. The monoisotopic (exact) mass is 458 g/mol. The Hall–Kier alpha value is -2.72. The SMILES string of the molecule is CCOC(=O)c1c(NC(=O)CSc2nc(=O)n3cc(C)ccc3n2)sc2c1CCCC2. The van der Waals surface area contributed by atoms with Crippen molar-refractivity contribution in [2.75, 3.05) is 17.7 Å². The lowest BCUT2D eigenvalue weighted by Gasteiger charge is -2.12. The Kier molecular flexibility index (Phi) is 6.38. The van der Waals surface area contributed by atoms with Crippen molar-refractivity contribution >= 4 is 45.6 Å². The molecule has 3 aromatic heterocycles. The molecule has 0 radical (unpaired) electrons. The van der Waals surface area contributed by atoms with E-state index in [1.54, 1.807) is 19.2 Å². The standard InChI is InChI=1S/C21H22N4O4S2/c1-3-29-19(27)17-13-6-4-5-7-14(13)31-18(17)23-16(26)11-30-20-22-15-9-8-12(2)10-25(15)21(28)24-20/h8-10H,3-7,11H2,1-2H3,(H,23,26). The number of hydrogen-bond donors (Lipinski definition) is 1. The van der Waals surface area contributed by atoms with E-state index in [1.807, 2.05) is 13.0 Å². The van der Waals surface area contributed by atoms with E-state index in [9.17, 15) is 14.4 Å². The Labute approximate surface area is 187 Å². The number of fused-ring (bicyclic) bond motifs is 2. The summed E-state index contributed by atoms with van der Waals surface area (Å²) in [6, 6.07) is 3.60. The summed E-state index contributed by atoms with van der Waals surface area (Å²) in [5.41, 5.74) is 2.44. The number of esters is 1. The van der Waals surface area contributed by atoms with Crippen LogP contribution in [0.1, 0.15) is 46.1 Å². The van der Waals surface area contributed by atoms with Crippen LogP contribution in [0.4, 0.5) is 5.00 Å². The van der Waals surface area contributed by atoms with E-state index in [2.05, 4.69) is 15.3 Å². The van der Waals surface area contributed by atoms with Crippen molar-refractivity contribution < 1.29 is 14.3 Å². The fourth-order valence-electron chi connectivity index (χ4n) is 3.53. The van der Waals surface area contributed by atoms with Crippen molar-refractivity contribution in [3.05, 3.63) is 50.4 Å². The number of nitrogens with one attached hydrogen (secondary N) is 1. The van der Waals surface area contributed by atoms with Crippen molar-refractivity contribution in [1.82, 2.24) is 14.4 Å². The van der Waals surface area contributed by atoms with Gasteiger partial charge in [0, 0.05) is 11.1 Å². The second kappa shape index (κ2) is 9.19. The number of carbonyl (C=O) groups excluding carboxylic acids is 2. The maximum Gasteiger partial charge on any atom is 0.355 e. The molecule has 0 aromatic carbocycles. The summed E-state index contributed by atoms with van der Waals surface area (Å²) in [6.45, 7) is 3.92. The van der Waals surface area contributed by atoms with Crippen LogP contribution in [0.5, 0.6) is 0 Å². The summed E-state index contributed by atoms with van der Waals surface area (Å²) in [6.07, 6.45) is 5.50. The van der Waals surface area contributed by atoms with Gasteiger partial charge in [0.2, 0.25) is 5.91 Å². The van der Waals surface area contributed by atoms with E-state index < -0.39 is 11.7 Å². The third-order valence-electron chi connectivity index (χ3n) is 4.92. The number of nitrogens with zero attached hydrogens (tertiary/aromatic N) is 3. The Bertz CT molecular complexity index is 1220. The van der Waals surface area contributed by atoms with Gasteiger partial charge in [0.25, 0.3) is 0 Å². The molecular weight excluding hydrogens is 436 g/mol. The van der Waals surface area contributed by atoms with Gasteiger partial charge in [-0.3, -0.25) is 9.20 Å². The maximum atomic E-state index is 12.6. The van der Waals surface area contributed by atoms with E-state index in [0.717, 1.165) is 53.4 Å². The first-order valence-corrected chi connectivity index (χ1v) is 11.9. The van der Waals surface area contributed by atoms with Gasteiger partial charge < -0.3 is 10.1 Å². The highest BCUT2D eigenvalue weighted by atomic mass is 32.2. The lowest BCUT2D eigenvalue weighted by molar-refractivity contribution is -0.113. The van der Waals surface area contributed by atoms with Crippen molar-refractivity contribution in [3.8, 4) is 0 Å². The lowest BCUT2D eigenvalue weighted by Crippen LogP contribution is -2.20. The Morgan fingerprint density at radius 3 is 2.87 bits per heavy atom. The second-order valence-electron chi connectivity index (χ2n) is 7.20. The van der Waals surface area contributed by atoms with Crippen LogP contribution in [-0.4, -0.2) is 38.6 Å². The molecule has 4 rings (SSSR count). The number of thioether (sulfide) groups is 1. The predicted molar refractivity (Wildman–Crippen MR) is 120 cm³/mol. The van der Waals surface area contributed by atoms with Crippen LogP contribution in [0.2, 0.25) is 0 Å². The normalized spacial score (nSPS) is 13.1. The summed E-state index contributed by atoms with van der Waals surface area (Å²) in [5, 5.41) is 3.63. The minimum absolute atomic E-state index is 0.0201. The molecule has 1 aliphatic rings. The quantitative estimate of drug-likeness (QED) is 0.447. The minimum atomic E-state index is -0.438. The van der Waals surface area contributed by atoms with E-state index in [4.69, 9.17) is 4.74 Å². The molecule has 8 nitrogen and oxygen atoms in total. The van der Waals surface area contributed by atoms with Gasteiger partial charge in [-0.25, -0.2) is 14.6 Å². The topological polar surface area (TPSA) is 103 Å². The number of carbonyl (C=O) groups is 2. The summed E-state index contributed by atoms with van der Waals surface area (Å²) >= 11 is 2.53. The lowest BCUT2D eigenvalue weighted by atomic mass is 9.95. The van der Waals surface area contributed by atoms with Gasteiger partial charge in [-0.05, 0) is 56.7 Å². The van der Waals surface area contributed by atoms with Gasteiger partial charge in [-0.1, -0.05) is 17.8 Å². The Morgan fingerprint density at radius 1 is 1.26 bits per heavy atom. The molecule has 0 fully saturated rings. The molecule has 0 unspecified atom stereocenters. The number of pyridine rings is 1. The van der Waals surface area contributed by atoms with Crippen LogP contribution in [0, 0.1) is 6.92 Å². The number of anilines is 1. The molecule has 0 aliphatic heterocycles. The largest absolute Gasteiger partial charge is 0.462 e. The molecule has 3 aromatic rings. The van der Waals surface area contributed by atoms with Crippen LogP contribution in [-0.2, 0) is 22.4 Å². The molecule has 0 saturated carbocycles. The molecule has 10 heteroatoms. The summed E-state index contributed by atoms with van der Waals surface area (Å²) in [5.74, 6) is -0.667. The number of thiophene rings is 1. The number of amides is 1. The molecular formula is C21H22N4O4S2. The van der Waals surface area contributed by atoms with Crippen molar-refractivity contribution in [1.29, 1.82) is 0 Å². The third kappa shape index (κ3) is 4.64. The molecule has 3 heterocycles. The van der Waals surface area contributed by atoms with Crippen molar-refractivity contribution in [2.24, 2.45) is 0 Å². The zero-order valence-electron chi connectivity index (χ0n) is 17.3. The van der Waals surface area contributed by atoms with E-state index >= 15 is 0 Å². The first-order chi connectivity index (χ1) is 15.0. The van der Waals surface area contributed by atoms with Gasteiger partial charge in [0.15, 0.2) is 5.16 Å².